The molecule has 9 aromatic rings. The molecule has 12 rings (SSSR count). The molecule has 0 bridgehead atoms. The molecule has 2 aromatic heterocycles. The zero-order chi connectivity index (χ0) is 39.6. The zero-order valence-electron chi connectivity index (χ0n) is 32.7. The second-order valence-corrected chi connectivity index (χ2v) is 15.9. The Labute approximate surface area is 348 Å². The van der Waals surface area contributed by atoms with Crippen molar-refractivity contribution < 1.29 is 4.42 Å². The Morgan fingerprint density at radius 1 is 0.533 bits per heavy atom. The SMILES string of the molecule is C1=CC2c3cc4ccccc4cc3N(c3cc(-c4nc(-c5ccc(-c6ccccc6)cc5)nc(-c5ccc(-c6ccccc6)cc5)n4)c4c5c(oc4c3)CCC=C5)[C@H]2C=C1. The highest BCUT2D eigenvalue weighted by Crippen LogP contribution is 2.51. The number of fused-ring (bicyclic) bond motifs is 7. The molecule has 0 N–H and O–H groups in total. The van der Waals surface area contributed by atoms with Crippen LogP contribution in [-0.4, -0.2) is 21.0 Å². The van der Waals surface area contributed by atoms with Crippen LogP contribution in [-0.2, 0) is 6.42 Å². The monoisotopic (exact) mass is 770 g/mol. The molecule has 0 saturated heterocycles. The van der Waals surface area contributed by atoms with E-state index >= 15 is 0 Å². The molecule has 1 unspecified atom stereocenters. The summed E-state index contributed by atoms with van der Waals surface area (Å²) in [4.78, 5) is 18.4. The number of hydrogen-bond donors (Lipinski definition) is 0. The van der Waals surface area contributed by atoms with Gasteiger partial charge in [0.1, 0.15) is 11.3 Å². The fourth-order valence-corrected chi connectivity index (χ4v) is 9.34. The van der Waals surface area contributed by atoms with Crippen LogP contribution >= 0.6 is 0 Å². The standard InChI is InChI=1S/C55H38N4O/c1-3-13-35(14-4-1)37-23-27-39(28-24-37)53-56-54(40-29-25-38(26-30-40)36-15-5-2-6-16-36)58-55(57-53)47-33-43(34-51-52(47)45-20-10-12-22-50(45)60-51)59-48-21-11-9-19-44(48)46-31-41-17-7-8-18-42(41)32-49(46)59/h1-11,13-21,23-34,44,48H,12,22H2/t44?,48-/m0/s1. The second kappa shape index (κ2) is 14.0. The topological polar surface area (TPSA) is 55.1 Å². The van der Waals surface area contributed by atoms with E-state index in [9.17, 15) is 0 Å². The molecule has 0 saturated carbocycles. The van der Waals surface area contributed by atoms with Crippen molar-refractivity contribution in [3.05, 3.63) is 205 Å². The highest BCUT2D eigenvalue weighted by Gasteiger charge is 2.38. The zero-order valence-corrected chi connectivity index (χ0v) is 32.7. The fraction of sp³-hybridized carbons (Fsp3) is 0.0727. The van der Waals surface area contributed by atoms with E-state index in [0.29, 0.717) is 17.5 Å². The summed E-state index contributed by atoms with van der Waals surface area (Å²) in [7, 11) is 0. The predicted molar refractivity (Wildman–Crippen MR) is 245 cm³/mol. The average molecular weight is 771 g/mol. The van der Waals surface area contributed by atoms with Crippen LogP contribution in [0.2, 0.25) is 0 Å². The summed E-state index contributed by atoms with van der Waals surface area (Å²) in [5, 5.41) is 3.50. The first-order valence-electron chi connectivity index (χ1n) is 20.7. The van der Waals surface area contributed by atoms with Gasteiger partial charge in [0.15, 0.2) is 17.5 Å². The molecule has 0 fully saturated rings. The normalized spacial score (nSPS) is 16.3. The van der Waals surface area contributed by atoms with Crippen molar-refractivity contribution in [3.8, 4) is 56.4 Å². The van der Waals surface area contributed by atoms with Crippen molar-refractivity contribution >= 4 is 39.2 Å². The van der Waals surface area contributed by atoms with Gasteiger partial charge in [-0.2, -0.15) is 0 Å². The van der Waals surface area contributed by atoms with E-state index in [1.165, 1.54) is 33.2 Å². The smallest absolute Gasteiger partial charge is 0.164 e. The van der Waals surface area contributed by atoms with Crippen LogP contribution in [0, 0.1) is 0 Å². The highest BCUT2D eigenvalue weighted by atomic mass is 16.3. The lowest BCUT2D eigenvalue weighted by Crippen LogP contribution is -2.28. The highest BCUT2D eigenvalue weighted by molar-refractivity contribution is 6.03. The van der Waals surface area contributed by atoms with Crippen LogP contribution < -0.4 is 4.90 Å². The molecule has 2 atom stereocenters. The van der Waals surface area contributed by atoms with Gasteiger partial charge in [0.25, 0.3) is 0 Å². The van der Waals surface area contributed by atoms with Gasteiger partial charge in [-0.05, 0) is 63.2 Å². The van der Waals surface area contributed by atoms with Crippen molar-refractivity contribution in [2.45, 2.75) is 24.8 Å². The molecule has 1 aliphatic heterocycles. The molecular formula is C55H38N4O. The van der Waals surface area contributed by atoms with Gasteiger partial charge in [0.05, 0.1) is 6.04 Å². The Morgan fingerprint density at radius 3 is 1.77 bits per heavy atom. The molecule has 5 heteroatoms. The maximum Gasteiger partial charge on any atom is 0.164 e. The Kier molecular flexibility index (Phi) is 8.05. The van der Waals surface area contributed by atoms with Crippen molar-refractivity contribution in [3.63, 3.8) is 0 Å². The number of rotatable bonds is 6. The minimum absolute atomic E-state index is 0.104. The van der Waals surface area contributed by atoms with E-state index in [1.807, 2.05) is 12.1 Å². The third-order valence-electron chi connectivity index (χ3n) is 12.3. The molecule has 3 heterocycles. The van der Waals surface area contributed by atoms with Crippen molar-refractivity contribution in [2.24, 2.45) is 0 Å². The van der Waals surface area contributed by atoms with Crippen molar-refractivity contribution in [1.29, 1.82) is 0 Å². The summed E-state index contributed by atoms with van der Waals surface area (Å²) < 4.78 is 6.81. The number of nitrogens with zero attached hydrogens (tertiary/aromatic N) is 4. The van der Waals surface area contributed by atoms with Gasteiger partial charge in [-0.25, -0.2) is 15.0 Å². The minimum atomic E-state index is 0.104. The predicted octanol–water partition coefficient (Wildman–Crippen LogP) is 13.8. The van der Waals surface area contributed by atoms with Gasteiger partial charge in [-0.15, -0.1) is 0 Å². The lowest BCUT2D eigenvalue weighted by atomic mass is 9.90. The van der Waals surface area contributed by atoms with Crippen molar-refractivity contribution in [1.82, 2.24) is 15.0 Å². The fourth-order valence-electron chi connectivity index (χ4n) is 9.34. The van der Waals surface area contributed by atoms with Gasteiger partial charge >= 0.3 is 0 Å². The third-order valence-corrected chi connectivity index (χ3v) is 12.3. The molecule has 2 aliphatic carbocycles. The molecule has 0 radical (unpaired) electrons. The maximum absolute atomic E-state index is 6.81. The number of anilines is 2. The van der Waals surface area contributed by atoms with E-state index in [2.05, 4.69) is 187 Å². The second-order valence-electron chi connectivity index (χ2n) is 15.9. The Morgan fingerprint density at radius 2 is 1.10 bits per heavy atom. The first-order valence-corrected chi connectivity index (χ1v) is 20.7. The van der Waals surface area contributed by atoms with E-state index < -0.39 is 0 Å². The molecule has 0 amide bonds. The van der Waals surface area contributed by atoms with Gasteiger partial charge < -0.3 is 9.32 Å². The summed E-state index contributed by atoms with van der Waals surface area (Å²) in [5.41, 5.74) is 12.9. The van der Waals surface area contributed by atoms with E-state index in [1.54, 1.807) is 0 Å². The number of aromatic nitrogens is 3. The van der Waals surface area contributed by atoms with E-state index in [4.69, 9.17) is 19.4 Å². The summed E-state index contributed by atoms with van der Waals surface area (Å²) >= 11 is 0. The van der Waals surface area contributed by atoms with E-state index in [-0.39, 0.29) is 12.0 Å². The molecule has 0 spiro atoms. The third kappa shape index (κ3) is 5.81. The molecular weight excluding hydrogens is 733 g/mol. The lowest BCUT2D eigenvalue weighted by molar-refractivity contribution is 0.546. The number of benzene rings is 7. The number of aryl methyl sites for hydroxylation is 1. The van der Waals surface area contributed by atoms with Gasteiger partial charge in [-0.3, -0.25) is 0 Å². The van der Waals surface area contributed by atoms with Crippen LogP contribution in [0.4, 0.5) is 11.4 Å². The number of allylic oxidation sites excluding steroid dienone is 3. The molecule has 60 heavy (non-hydrogen) atoms. The quantitative estimate of drug-likeness (QED) is 0.169. The summed E-state index contributed by atoms with van der Waals surface area (Å²) in [6, 6.07) is 56.0. The lowest BCUT2D eigenvalue weighted by Gasteiger charge is -2.29. The van der Waals surface area contributed by atoms with Crippen LogP contribution in [0.5, 0.6) is 0 Å². The van der Waals surface area contributed by atoms with Crippen LogP contribution in [0.3, 0.4) is 0 Å². The number of hydrogen-bond acceptors (Lipinski definition) is 5. The molecule has 284 valence electrons. The minimum Gasteiger partial charge on any atom is -0.460 e. The largest absolute Gasteiger partial charge is 0.460 e. The summed E-state index contributed by atoms with van der Waals surface area (Å²) in [5.74, 6) is 3.06. The van der Waals surface area contributed by atoms with Crippen LogP contribution in [0.1, 0.15) is 29.2 Å². The van der Waals surface area contributed by atoms with Gasteiger partial charge in [0, 0.05) is 57.4 Å². The van der Waals surface area contributed by atoms with Crippen LogP contribution in [0.25, 0.3) is 84.2 Å². The number of furan rings is 1. The first kappa shape index (κ1) is 34.4. The van der Waals surface area contributed by atoms with E-state index in [0.717, 1.165) is 68.6 Å². The van der Waals surface area contributed by atoms with Crippen LogP contribution in [0.15, 0.2) is 193 Å². The molecule has 7 aromatic carbocycles. The van der Waals surface area contributed by atoms with Crippen molar-refractivity contribution in [2.75, 3.05) is 4.90 Å². The summed E-state index contributed by atoms with van der Waals surface area (Å²) in [6.45, 7) is 0. The summed E-state index contributed by atoms with van der Waals surface area (Å²) in [6.07, 6.45) is 15.3. The molecule has 3 aliphatic rings. The molecule has 5 nitrogen and oxygen atoms in total. The van der Waals surface area contributed by atoms with Gasteiger partial charge in [0.2, 0.25) is 0 Å². The maximum atomic E-state index is 6.81. The Balaban J connectivity index is 1.07. The Bertz CT molecular complexity index is 3100. The van der Waals surface area contributed by atoms with Gasteiger partial charge in [-0.1, -0.05) is 170 Å². The Hall–Kier alpha value is -7.63. The average Bonchev–Trinajstić information content (AvgIpc) is 3.86. The first-order chi connectivity index (χ1) is 29.7.